The third-order valence-electron chi connectivity index (χ3n) is 3.07. The predicted octanol–water partition coefficient (Wildman–Crippen LogP) is 4.13. The first-order chi connectivity index (χ1) is 8.11. The van der Waals surface area contributed by atoms with Crippen LogP contribution in [-0.2, 0) is 0 Å². The van der Waals surface area contributed by atoms with Gasteiger partial charge in [0.05, 0.1) is 5.56 Å². The monoisotopic (exact) mass is 359 g/mol. The van der Waals surface area contributed by atoms with Crippen LogP contribution < -0.4 is 5.32 Å². The van der Waals surface area contributed by atoms with Crippen molar-refractivity contribution in [3.05, 3.63) is 32.7 Å². The molecule has 1 amide bonds. The molecule has 1 aromatic carbocycles. The fourth-order valence-corrected chi connectivity index (χ4v) is 3.26. The molecule has 2 rings (SSSR count). The quantitative estimate of drug-likeness (QED) is 0.859. The van der Waals surface area contributed by atoms with Gasteiger partial charge in [-0.3, -0.25) is 4.79 Å². The molecule has 2 atom stereocenters. The van der Waals surface area contributed by atoms with Crippen LogP contribution in [0.1, 0.15) is 36.5 Å². The summed E-state index contributed by atoms with van der Waals surface area (Å²) in [6.45, 7) is 2.18. The van der Waals surface area contributed by atoms with Gasteiger partial charge in [-0.2, -0.15) is 0 Å². The zero-order chi connectivity index (χ0) is 12.4. The number of rotatable bonds is 4. The van der Waals surface area contributed by atoms with Crippen molar-refractivity contribution >= 4 is 37.8 Å². The summed E-state index contributed by atoms with van der Waals surface area (Å²) in [6, 6.07) is 6.00. The van der Waals surface area contributed by atoms with Crippen molar-refractivity contribution in [2.45, 2.75) is 32.2 Å². The van der Waals surface area contributed by atoms with Gasteiger partial charge in [0.1, 0.15) is 0 Å². The van der Waals surface area contributed by atoms with Crippen LogP contribution in [0.3, 0.4) is 0 Å². The Morgan fingerprint density at radius 2 is 2.24 bits per heavy atom. The summed E-state index contributed by atoms with van der Waals surface area (Å²) in [5, 5.41) is 3.08. The van der Waals surface area contributed by atoms with E-state index in [9.17, 15) is 4.79 Å². The van der Waals surface area contributed by atoms with Crippen molar-refractivity contribution in [1.29, 1.82) is 0 Å². The minimum absolute atomic E-state index is 0.0213. The van der Waals surface area contributed by atoms with E-state index in [1.54, 1.807) is 0 Å². The first-order valence-corrected chi connectivity index (χ1v) is 7.46. The molecule has 0 bridgehead atoms. The van der Waals surface area contributed by atoms with Crippen LogP contribution in [0.5, 0.6) is 0 Å². The molecule has 1 saturated carbocycles. The van der Waals surface area contributed by atoms with E-state index in [2.05, 4.69) is 44.1 Å². The number of hydrogen-bond acceptors (Lipinski definition) is 1. The molecule has 0 saturated heterocycles. The third kappa shape index (κ3) is 3.32. The molecule has 0 aliphatic heterocycles. The Morgan fingerprint density at radius 3 is 2.88 bits per heavy atom. The summed E-state index contributed by atoms with van der Waals surface area (Å²) in [5.41, 5.74) is 0.704. The van der Waals surface area contributed by atoms with Crippen LogP contribution in [0.25, 0.3) is 0 Å². The number of amides is 1. The molecule has 0 spiro atoms. The Balaban J connectivity index is 1.96. The molecule has 1 aliphatic carbocycles. The zero-order valence-corrected chi connectivity index (χ0v) is 12.8. The number of nitrogens with one attached hydrogen (secondary N) is 1. The lowest BCUT2D eigenvalue weighted by atomic mass is 10.2. The normalized spacial score (nSPS) is 22.3. The van der Waals surface area contributed by atoms with Crippen molar-refractivity contribution in [1.82, 2.24) is 5.32 Å². The van der Waals surface area contributed by atoms with E-state index in [0.29, 0.717) is 17.5 Å². The standard InChI is InChI=1S/C13H15Br2NO/c1-2-3-8-6-12(8)16-13(17)10-5-4-9(14)7-11(10)15/h4-5,7-8,12H,2-3,6H2,1H3,(H,16,17). The summed E-state index contributed by atoms with van der Waals surface area (Å²) in [6.07, 6.45) is 3.54. The Labute approximate surface area is 118 Å². The fourth-order valence-electron chi connectivity index (χ4n) is 2.03. The maximum absolute atomic E-state index is 12.0. The summed E-state index contributed by atoms with van der Waals surface area (Å²) in [5.74, 6) is 0.714. The van der Waals surface area contributed by atoms with Gasteiger partial charge in [-0.1, -0.05) is 29.3 Å². The number of carbonyl (C=O) groups is 1. The molecule has 1 fully saturated rings. The van der Waals surface area contributed by atoms with Crippen molar-refractivity contribution in [3.63, 3.8) is 0 Å². The molecule has 92 valence electrons. The lowest BCUT2D eigenvalue weighted by Gasteiger charge is -2.06. The van der Waals surface area contributed by atoms with E-state index in [-0.39, 0.29) is 5.91 Å². The van der Waals surface area contributed by atoms with E-state index in [1.807, 2.05) is 18.2 Å². The van der Waals surface area contributed by atoms with Crippen LogP contribution in [0.2, 0.25) is 0 Å². The molecule has 1 aromatic rings. The highest BCUT2D eigenvalue weighted by Crippen LogP contribution is 2.35. The highest BCUT2D eigenvalue weighted by atomic mass is 79.9. The lowest BCUT2D eigenvalue weighted by molar-refractivity contribution is 0.0948. The van der Waals surface area contributed by atoms with Crippen LogP contribution in [-0.4, -0.2) is 11.9 Å². The molecular formula is C13H15Br2NO. The maximum Gasteiger partial charge on any atom is 0.252 e. The summed E-state index contributed by atoms with van der Waals surface area (Å²) in [4.78, 5) is 12.0. The predicted molar refractivity (Wildman–Crippen MR) is 76.1 cm³/mol. The van der Waals surface area contributed by atoms with E-state index >= 15 is 0 Å². The second kappa shape index (κ2) is 5.53. The van der Waals surface area contributed by atoms with Crippen LogP contribution in [0.4, 0.5) is 0 Å². The minimum atomic E-state index is 0.0213. The Bertz CT molecular complexity index is 433. The molecule has 17 heavy (non-hydrogen) atoms. The fraction of sp³-hybridized carbons (Fsp3) is 0.462. The summed E-state index contributed by atoms with van der Waals surface area (Å²) < 4.78 is 1.80. The van der Waals surface area contributed by atoms with E-state index < -0.39 is 0 Å². The van der Waals surface area contributed by atoms with Crippen LogP contribution in [0, 0.1) is 5.92 Å². The van der Waals surface area contributed by atoms with Crippen molar-refractivity contribution in [3.8, 4) is 0 Å². The highest BCUT2D eigenvalue weighted by Gasteiger charge is 2.37. The summed E-state index contributed by atoms with van der Waals surface area (Å²) >= 11 is 6.79. The number of halogens is 2. The third-order valence-corrected chi connectivity index (χ3v) is 4.22. The zero-order valence-electron chi connectivity index (χ0n) is 9.67. The highest BCUT2D eigenvalue weighted by molar-refractivity contribution is 9.11. The second-order valence-electron chi connectivity index (χ2n) is 4.49. The van der Waals surface area contributed by atoms with Gasteiger partial charge in [0.15, 0.2) is 0 Å². The van der Waals surface area contributed by atoms with Gasteiger partial charge >= 0.3 is 0 Å². The van der Waals surface area contributed by atoms with Gasteiger partial charge in [0, 0.05) is 15.0 Å². The first kappa shape index (κ1) is 13.1. The average Bonchev–Trinajstić information content (AvgIpc) is 2.96. The van der Waals surface area contributed by atoms with Gasteiger partial charge in [-0.05, 0) is 52.9 Å². The minimum Gasteiger partial charge on any atom is -0.349 e. The first-order valence-electron chi connectivity index (χ1n) is 5.87. The maximum atomic E-state index is 12.0. The van der Waals surface area contributed by atoms with Crippen molar-refractivity contribution in [2.24, 2.45) is 5.92 Å². The van der Waals surface area contributed by atoms with E-state index in [4.69, 9.17) is 0 Å². The molecule has 4 heteroatoms. The van der Waals surface area contributed by atoms with Crippen LogP contribution >= 0.6 is 31.9 Å². The van der Waals surface area contributed by atoms with Crippen LogP contribution in [0.15, 0.2) is 27.1 Å². The Kier molecular flexibility index (Phi) is 4.26. The largest absolute Gasteiger partial charge is 0.349 e. The van der Waals surface area contributed by atoms with E-state index in [0.717, 1.165) is 15.4 Å². The molecule has 2 unspecified atom stereocenters. The molecule has 2 nitrogen and oxygen atoms in total. The number of hydrogen-bond donors (Lipinski definition) is 1. The van der Waals surface area contributed by atoms with Gasteiger partial charge < -0.3 is 5.32 Å². The average molecular weight is 361 g/mol. The van der Waals surface area contributed by atoms with Gasteiger partial charge in [0.2, 0.25) is 0 Å². The smallest absolute Gasteiger partial charge is 0.252 e. The van der Waals surface area contributed by atoms with Gasteiger partial charge in [-0.15, -0.1) is 0 Å². The Morgan fingerprint density at radius 1 is 1.47 bits per heavy atom. The molecule has 1 aliphatic rings. The molecule has 0 radical (unpaired) electrons. The van der Waals surface area contributed by atoms with Crippen molar-refractivity contribution < 1.29 is 4.79 Å². The number of carbonyl (C=O) groups excluding carboxylic acids is 1. The lowest BCUT2D eigenvalue weighted by Crippen LogP contribution is -2.27. The molecule has 1 N–H and O–H groups in total. The molecule has 0 heterocycles. The Hall–Kier alpha value is -0.350. The molecular weight excluding hydrogens is 346 g/mol. The van der Waals surface area contributed by atoms with E-state index in [1.165, 1.54) is 12.8 Å². The molecule has 0 aromatic heterocycles. The van der Waals surface area contributed by atoms with Gasteiger partial charge in [0.25, 0.3) is 5.91 Å². The second-order valence-corrected chi connectivity index (χ2v) is 6.26. The SMILES string of the molecule is CCCC1CC1NC(=O)c1ccc(Br)cc1Br. The summed E-state index contributed by atoms with van der Waals surface area (Å²) in [7, 11) is 0. The topological polar surface area (TPSA) is 29.1 Å². The van der Waals surface area contributed by atoms with Gasteiger partial charge in [-0.25, -0.2) is 0 Å². The number of benzene rings is 1. The van der Waals surface area contributed by atoms with Crippen molar-refractivity contribution in [2.75, 3.05) is 0 Å².